The third-order valence-corrected chi connectivity index (χ3v) is 1.63. The van der Waals surface area contributed by atoms with Crippen molar-refractivity contribution in [3.05, 3.63) is 11.5 Å². The fraction of sp³-hybridized carbons (Fsp3) is 0.571. The first-order chi connectivity index (χ1) is 5.74. The van der Waals surface area contributed by atoms with E-state index in [0.717, 1.165) is 18.8 Å². The van der Waals surface area contributed by atoms with Gasteiger partial charge in [-0.25, -0.2) is 0 Å². The van der Waals surface area contributed by atoms with Gasteiger partial charge in [-0.05, 0) is 18.0 Å². The van der Waals surface area contributed by atoms with E-state index < -0.39 is 0 Å². The van der Waals surface area contributed by atoms with E-state index in [-0.39, 0.29) is 5.28 Å². The smallest absolute Gasteiger partial charge is 0.244 e. The summed E-state index contributed by atoms with van der Waals surface area (Å²) in [4.78, 5) is 6.00. The first-order valence-electron chi connectivity index (χ1n) is 3.80. The quantitative estimate of drug-likeness (QED) is 0.715. The number of nitrogens with zero attached hydrogens (tertiary/aromatic N) is 4. The average Bonchev–Trinajstić information content (AvgIpc) is 2.05. The van der Waals surface area contributed by atoms with Gasteiger partial charge in [-0.15, -0.1) is 5.10 Å². The fourth-order valence-electron chi connectivity index (χ4n) is 0.908. The van der Waals surface area contributed by atoms with Crippen LogP contribution in [0.5, 0.6) is 0 Å². The van der Waals surface area contributed by atoms with Crippen molar-refractivity contribution in [1.82, 2.24) is 15.2 Å². The van der Waals surface area contributed by atoms with Gasteiger partial charge < -0.3 is 4.90 Å². The fourth-order valence-corrected chi connectivity index (χ4v) is 1.04. The van der Waals surface area contributed by atoms with Crippen molar-refractivity contribution in [3.63, 3.8) is 0 Å². The van der Waals surface area contributed by atoms with E-state index in [2.05, 4.69) is 22.1 Å². The first-order valence-corrected chi connectivity index (χ1v) is 4.18. The molecule has 0 radical (unpaired) electrons. The molecule has 0 fully saturated rings. The van der Waals surface area contributed by atoms with E-state index in [1.54, 1.807) is 6.20 Å². The summed E-state index contributed by atoms with van der Waals surface area (Å²) in [5.74, 6) is 0.761. The maximum Gasteiger partial charge on any atom is 0.244 e. The zero-order valence-corrected chi connectivity index (χ0v) is 7.91. The molecule has 12 heavy (non-hydrogen) atoms. The highest BCUT2D eigenvalue weighted by atomic mass is 35.5. The van der Waals surface area contributed by atoms with Crippen molar-refractivity contribution in [3.8, 4) is 0 Å². The Labute approximate surface area is 76.6 Å². The van der Waals surface area contributed by atoms with Crippen molar-refractivity contribution in [2.75, 3.05) is 18.5 Å². The molecule has 0 N–H and O–H groups in total. The standard InChI is InChI=1S/C7H11ClN4/c1-3-4-12(2)6-5-9-11-7(8)10-6/h5H,3-4H2,1-2H3. The summed E-state index contributed by atoms with van der Waals surface area (Å²) in [6.07, 6.45) is 2.67. The highest BCUT2D eigenvalue weighted by Gasteiger charge is 2.02. The van der Waals surface area contributed by atoms with Crippen LogP contribution in [0.25, 0.3) is 0 Å². The Morgan fingerprint density at radius 3 is 2.92 bits per heavy atom. The summed E-state index contributed by atoms with van der Waals surface area (Å²) in [5, 5.41) is 7.45. The largest absolute Gasteiger partial charge is 0.358 e. The minimum Gasteiger partial charge on any atom is -0.358 e. The van der Waals surface area contributed by atoms with Crippen LogP contribution >= 0.6 is 11.6 Å². The molecule has 0 spiro atoms. The monoisotopic (exact) mass is 186 g/mol. The lowest BCUT2D eigenvalue weighted by molar-refractivity contribution is 0.821. The van der Waals surface area contributed by atoms with Crippen molar-refractivity contribution in [1.29, 1.82) is 0 Å². The number of halogens is 1. The van der Waals surface area contributed by atoms with Crippen LogP contribution in [0.3, 0.4) is 0 Å². The van der Waals surface area contributed by atoms with E-state index in [1.165, 1.54) is 0 Å². The molecule has 66 valence electrons. The second-order valence-electron chi connectivity index (χ2n) is 2.51. The van der Waals surface area contributed by atoms with Crippen molar-refractivity contribution in [2.45, 2.75) is 13.3 Å². The van der Waals surface area contributed by atoms with Crippen LogP contribution in [0.1, 0.15) is 13.3 Å². The average molecular weight is 187 g/mol. The molecule has 1 rings (SSSR count). The molecular weight excluding hydrogens is 176 g/mol. The Hall–Kier alpha value is -0.900. The van der Waals surface area contributed by atoms with Crippen LogP contribution in [0.15, 0.2) is 6.20 Å². The van der Waals surface area contributed by atoms with Crippen molar-refractivity contribution in [2.24, 2.45) is 0 Å². The molecule has 0 aromatic carbocycles. The van der Waals surface area contributed by atoms with Gasteiger partial charge in [0.1, 0.15) is 0 Å². The molecule has 1 heterocycles. The lowest BCUT2D eigenvalue weighted by Gasteiger charge is -2.15. The Morgan fingerprint density at radius 2 is 2.33 bits per heavy atom. The SMILES string of the molecule is CCCN(C)c1cnnc(Cl)n1. The minimum absolute atomic E-state index is 0.190. The third kappa shape index (κ3) is 2.30. The Balaban J connectivity index is 2.73. The van der Waals surface area contributed by atoms with Gasteiger partial charge in [0.25, 0.3) is 0 Å². The van der Waals surface area contributed by atoms with Gasteiger partial charge in [0.15, 0.2) is 5.82 Å². The van der Waals surface area contributed by atoms with Crippen LogP contribution in [0.2, 0.25) is 5.28 Å². The predicted molar refractivity (Wildman–Crippen MR) is 48.4 cm³/mol. The molecule has 1 aromatic rings. The number of hydrogen-bond acceptors (Lipinski definition) is 4. The highest BCUT2D eigenvalue weighted by Crippen LogP contribution is 2.08. The zero-order valence-electron chi connectivity index (χ0n) is 7.16. The highest BCUT2D eigenvalue weighted by molar-refractivity contribution is 6.28. The summed E-state index contributed by atoms with van der Waals surface area (Å²) in [6.45, 7) is 3.04. The molecule has 0 saturated carbocycles. The Morgan fingerprint density at radius 1 is 1.58 bits per heavy atom. The van der Waals surface area contributed by atoms with Gasteiger partial charge in [-0.1, -0.05) is 6.92 Å². The molecule has 0 aliphatic rings. The zero-order chi connectivity index (χ0) is 8.97. The van der Waals surface area contributed by atoms with E-state index >= 15 is 0 Å². The van der Waals surface area contributed by atoms with Gasteiger partial charge in [-0.3, -0.25) is 0 Å². The number of rotatable bonds is 3. The van der Waals surface area contributed by atoms with Gasteiger partial charge in [0.2, 0.25) is 5.28 Å². The van der Waals surface area contributed by atoms with Crippen molar-refractivity contribution >= 4 is 17.4 Å². The van der Waals surface area contributed by atoms with Gasteiger partial charge in [0.05, 0.1) is 6.20 Å². The Bertz CT molecular complexity index is 253. The lowest BCUT2D eigenvalue weighted by Crippen LogP contribution is -2.19. The second kappa shape index (κ2) is 4.21. The summed E-state index contributed by atoms with van der Waals surface area (Å²) in [6, 6.07) is 0. The minimum atomic E-state index is 0.190. The molecule has 0 amide bonds. The predicted octanol–water partition coefficient (Wildman–Crippen LogP) is 1.37. The summed E-state index contributed by atoms with van der Waals surface area (Å²) < 4.78 is 0. The maximum atomic E-state index is 5.58. The lowest BCUT2D eigenvalue weighted by atomic mass is 10.4. The van der Waals surface area contributed by atoms with E-state index in [9.17, 15) is 0 Å². The van der Waals surface area contributed by atoms with Gasteiger partial charge >= 0.3 is 0 Å². The summed E-state index contributed by atoms with van der Waals surface area (Å²) in [5.41, 5.74) is 0. The first kappa shape index (κ1) is 9.19. The van der Waals surface area contributed by atoms with Crippen LogP contribution in [0, 0.1) is 0 Å². The summed E-state index contributed by atoms with van der Waals surface area (Å²) in [7, 11) is 1.95. The van der Waals surface area contributed by atoms with Gasteiger partial charge in [0, 0.05) is 13.6 Å². The molecule has 0 unspecified atom stereocenters. The number of aromatic nitrogens is 3. The molecular formula is C7H11ClN4. The molecule has 0 bridgehead atoms. The summed E-state index contributed by atoms with van der Waals surface area (Å²) >= 11 is 5.58. The molecule has 0 saturated heterocycles. The Kier molecular flexibility index (Phi) is 3.22. The van der Waals surface area contributed by atoms with E-state index in [1.807, 2.05) is 11.9 Å². The third-order valence-electron chi connectivity index (χ3n) is 1.47. The topological polar surface area (TPSA) is 41.9 Å². The van der Waals surface area contributed by atoms with E-state index in [4.69, 9.17) is 11.6 Å². The molecule has 0 aliphatic heterocycles. The molecule has 0 atom stereocenters. The van der Waals surface area contributed by atoms with Gasteiger partial charge in [-0.2, -0.15) is 10.1 Å². The molecule has 0 aliphatic carbocycles. The normalized spacial score (nSPS) is 9.92. The van der Waals surface area contributed by atoms with Crippen molar-refractivity contribution < 1.29 is 0 Å². The molecule has 4 nitrogen and oxygen atoms in total. The van der Waals surface area contributed by atoms with Crippen LogP contribution < -0.4 is 4.90 Å². The second-order valence-corrected chi connectivity index (χ2v) is 2.84. The maximum absolute atomic E-state index is 5.58. The van der Waals surface area contributed by atoms with E-state index in [0.29, 0.717) is 0 Å². The molecule has 1 aromatic heterocycles. The van der Waals surface area contributed by atoms with Crippen LogP contribution in [0.4, 0.5) is 5.82 Å². The number of hydrogen-bond donors (Lipinski definition) is 0. The number of anilines is 1. The molecule has 5 heteroatoms. The van der Waals surface area contributed by atoms with Crippen LogP contribution in [-0.2, 0) is 0 Å². The van der Waals surface area contributed by atoms with Crippen LogP contribution in [-0.4, -0.2) is 28.8 Å².